The summed E-state index contributed by atoms with van der Waals surface area (Å²) in [5.41, 5.74) is 0.631. The monoisotopic (exact) mass is 147 g/mol. The van der Waals surface area contributed by atoms with Gasteiger partial charge in [0.25, 0.3) is 0 Å². The number of hydrogen-bond donors (Lipinski definition) is 0. The molecule has 3 heteroatoms. The molecule has 1 aliphatic carbocycles. The Morgan fingerprint density at radius 1 is 1.18 bits per heavy atom. The molecule has 0 aromatic heterocycles. The van der Waals surface area contributed by atoms with E-state index in [1.165, 1.54) is 12.2 Å². The lowest BCUT2D eigenvalue weighted by Gasteiger charge is -1.81. The zero-order valence-electron chi connectivity index (χ0n) is 5.46. The number of ether oxygens (including phenoxy) is 1. The predicted molar refractivity (Wildman–Crippen MR) is 35.1 cm³/mol. The van der Waals surface area contributed by atoms with Crippen molar-refractivity contribution in [1.29, 1.82) is 0 Å². The lowest BCUT2D eigenvalue weighted by atomic mass is 10.1. The molecule has 0 spiro atoms. The van der Waals surface area contributed by atoms with Gasteiger partial charge in [-0.3, -0.25) is 0 Å². The highest BCUT2D eigenvalue weighted by Crippen LogP contribution is 2.21. The van der Waals surface area contributed by atoms with E-state index in [0.717, 1.165) is 0 Å². The Morgan fingerprint density at radius 2 is 1.91 bits per heavy atom. The molecule has 0 bridgehead atoms. The van der Waals surface area contributed by atoms with Crippen molar-refractivity contribution in [3.63, 3.8) is 0 Å². The first kappa shape index (κ1) is 6.01. The van der Waals surface area contributed by atoms with Crippen molar-refractivity contribution < 1.29 is 14.3 Å². The molecule has 11 heavy (non-hydrogen) atoms. The van der Waals surface area contributed by atoms with Crippen LogP contribution in [0.15, 0.2) is 29.4 Å². The van der Waals surface area contributed by atoms with Crippen LogP contribution < -0.4 is 0 Å². The molecule has 0 saturated carbocycles. The highest BCUT2D eigenvalue weighted by Gasteiger charge is 2.37. The van der Waals surface area contributed by atoms with Crippen LogP contribution in [0, 0.1) is 6.08 Å². The lowest BCUT2D eigenvalue weighted by molar-refractivity contribution is -0.150. The lowest BCUT2D eigenvalue weighted by Crippen LogP contribution is -2.00. The van der Waals surface area contributed by atoms with Gasteiger partial charge in [-0.25, -0.2) is 9.59 Å². The average Bonchev–Trinajstić information content (AvgIpc) is 2.30. The van der Waals surface area contributed by atoms with Gasteiger partial charge in [0.05, 0.1) is 6.08 Å². The van der Waals surface area contributed by atoms with Gasteiger partial charge >= 0.3 is 11.9 Å². The van der Waals surface area contributed by atoms with Crippen molar-refractivity contribution in [2.75, 3.05) is 0 Å². The fourth-order valence-corrected chi connectivity index (χ4v) is 0.971. The predicted octanol–water partition coefficient (Wildman–Crippen LogP) is 0.296. The molecule has 0 saturated heterocycles. The van der Waals surface area contributed by atoms with E-state index in [-0.39, 0.29) is 0 Å². The third-order valence-electron chi connectivity index (χ3n) is 1.49. The van der Waals surface area contributed by atoms with Crippen LogP contribution in [0.2, 0.25) is 0 Å². The smallest absolute Gasteiger partial charge is 0.373 e. The number of allylic oxidation sites excluding steroid dienone is 2. The van der Waals surface area contributed by atoms with Gasteiger partial charge in [0, 0.05) is 6.08 Å². The standard InChI is InChI=1S/C8H3O3/c9-7-5-3-1-2-4-6(5)8(10)11-7/h1,3-4H/q+1. The quantitative estimate of drug-likeness (QED) is 0.281. The summed E-state index contributed by atoms with van der Waals surface area (Å²) in [6.45, 7) is 0. The van der Waals surface area contributed by atoms with Gasteiger partial charge in [-0.15, -0.1) is 0 Å². The third kappa shape index (κ3) is 0.719. The Balaban J connectivity index is 2.59. The number of carbonyl (C=O) groups excluding carboxylic acids is 2. The molecule has 0 radical (unpaired) electrons. The summed E-state index contributed by atoms with van der Waals surface area (Å²) in [5, 5.41) is 0. The third-order valence-corrected chi connectivity index (χ3v) is 1.49. The van der Waals surface area contributed by atoms with Crippen molar-refractivity contribution in [1.82, 2.24) is 0 Å². The Kier molecular flexibility index (Phi) is 1.02. The largest absolute Gasteiger partial charge is 0.405 e. The molecule has 0 N–H and O–H groups in total. The zero-order chi connectivity index (χ0) is 7.84. The van der Waals surface area contributed by atoms with Crippen LogP contribution in [0.25, 0.3) is 0 Å². The van der Waals surface area contributed by atoms with Gasteiger partial charge < -0.3 is 4.74 Å². The molecule has 0 unspecified atom stereocenters. The van der Waals surface area contributed by atoms with E-state index in [2.05, 4.69) is 10.8 Å². The summed E-state index contributed by atoms with van der Waals surface area (Å²) < 4.78 is 4.33. The van der Waals surface area contributed by atoms with Crippen LogP contribution >= 0.6 is 0 Å². The molecule has 52 valence electrons. The molecule has 0 aromatic carbocycles. The normalized spacial score (nSPS) is 20.0. The second kappa shape index (κ2) is 1.87. The van der Waals surface area contributed by atoms with Gasteiger partial charge in [0.1, 0.15) is 12.2 Å². The average molecular weight is 147 g/mol. The van der Waals surface area contributed by atoms with E-state index in [1.54, 1.807) is 6.08 Å². The van der Waals surface area contributed by atoms with Crippen LogP contribution in [-0.4, -0.2) is 11.9 Å². The van der Waals surface area contributed by atoms with Crippen LogP contribution in [0.5, 0.6) is 0 Å². The molecule has 2 rings (SSSR count). The first-order valence-corrected chi connectivity index (χ1v) is 3.05. The minimum atomic E-state index is -0.582. The van der Waals surface area contributed by atoms with E-state index in [0.29, 0.717) is 11.1 Å². The van der Waals surface area contributed by atoms with Crippen LogP contribution in [0.4, 0.5) is 0 Å². The molecule has 0 atom stereocenters. The second-order valence-electron chi connectivity index (χ2n) is 2.15. The van der Waals surface area contributed by atoms with Gasteiger partial charge in [-0.1, -0.05) is 0 Å². The van der Waals surface area contributed by atoms with Crippen molar-refractivity contribution in [2.45, 2.75) is 0 Å². The van der Waals surface area contributed by atoms with Crippen LogP contribution in [-0.2, 0) is 14.3 Å². The molecule has 0 fully saturated rings. The molecule has 1 aliphatic heterocycles. The highest BCUT2D eigenvalue weighted by molar-refractivity contribution is 6.15. The number of cyclic esters (lactones) is 2. The maximum Gasteiger partial charge on any atom is 0.405 e. The number of esters is 2. The molecule has 2 aliphatic rings. The van der Waals surface area contributed by atoms with Gasteiger partial charge in [0.2, 0.25) is 0 Å². The van der Waals surface area contributed by atoms with Crippen molar-refractivity contribution in [3.8, 4) is 0 Å². The maximum atomic E-state index is 10.8. The van der Waals surface area contributed by atoms with E-state index in [9.17, 15) is 9.59 Å². The number of rotatable bonds is 0. The molecule has 0 aromatic rings. The van der Waals surface area contributed by atoms with E-state index in [4.69, 9.17) is 0 Å². The van der Waals surface area contributed by atoms with E-state index < -0.39 is 11.9 Å². The topological polar surface area (TPSA) is 43.4 Å². The Morgan fingerprint density at radius 3 is 2.64 bits per heavy atom. The van der Waals surface area contributed by atoms with E-state index in [1.807, 2.05) is 0 Å². The Labute approximate surface area is 62.6 Å². The molecule has 0 amide bonds. The molecular weight excluding hydrogens is 144 g/mol. The van der Waals surface area contributed by atoms with Crippen LogP contribution in [0.1, 0.15) is 0 Å². The van der Waals surface area contributed by atoms with Gasteiger partial charge in [-0.05, 0) is 0 Å². The SMILES string of the molecule is O=C1OC(=O)C2=C1C=[C+]C=C2. The summed E-state index contributed by atoms with van der Waals surface area (Å²) in [4.78, 5) is 21.6. The van der Waals surface area contributed by atoms with Crippen LogP contribution in [0.3, 0.4) is 0 Å². The van der Waals surface area contributed by atoms with Crippen molar-refractivity contribution in [2.24, 2.45) is 0 Å². The first-order chi connectivity index (χ1) is 5.29. The second-order valence-corrected chi connectivity index (χ2v) is 2.15. The minimum absolute atomic E-state index is 0.303. The summed E-state index contributed by atoms with van der Waals surface area (Å²) in [6.07, 6.45) is 7.22. The van der Waals surface area contributed by atoms with Crippen molar-refractivity contribution in [3.05, 3.63) is 35.5 Å². The fraction of sp³-hybridized carbons (Fsp3) is 0. The fourth-order valence-electron chi connectivity index (χ4n) is 0.971. The first-order valence-electron chi connectivity index (χ1n) is 3.05. The summed E-state index contributed by atoms with van der Waals surface area (Å²) in [7, 11) is 0. The van der Waals surface area contributed by atoms with Gasteiger partial charge in [0.15, 0.2) is 11.1 Å². The summed E-state index contributed by atoms with van der Waals surface area (Å²) in [5.74, 6) is -1.15. The highest BCUT2D eigenvalue weighted by atomic mass is 16.6. The summed E-state index contributed by atoms with van der Waals surface area (Å²) in [6, 6.07) is 0. The number of carbonyl (C=O) groups is 2. The Hall–Kier alpha value is -1.73. The minimum Gasteiger partial charge on any atom is -0.373 e. The Bertz CT molecular complexity index is 299. The number of hydrogen-bond acceptors (Lipinski definition) is 3. The maximum absolute atomic E-state index is 10.8. The van der Waals surface area contributed by atoms with E-state index >= 15 is 0 Å². The van der Waals surface area contributed by atoms with Gasteiger partial charge in [-0.2, -0.15) is 0 Å². The molecule has 3 nitrogen and oxygen atoms in total. The van der Waals surface area contributed by atoms with Crippen molar-refractivity contribution >= 4 is 11.9 Å². The summed E-state index contributed by atoms with van der Waals surface area (Å²) >= 11 is 0. The molecular formula is C8H3O3+. The molecule has 1 heterocycles. The zero-order valence-corrected chi connectivity index (χ0v) is 5.46.